The topological polar surface area (TPSA) is 72.2 Å². The molecule has 0 radical (unpaired) electrons. The minimum absolute atomic E-state index is 0.141. The van der Waals surface area contributed by atoms with Crippen molar-refractivity contribution in [2.45, 2.75) is 24.8 Å². The molecule has 3 rings (SSSR count). The van der Waals surface area contributed by atoms with E-state index >= 15 is 0 Å². The molecule has 3 N–H and O–H groups in total. The van der Waals surface area contributed by atoms with Crippen LogP contribution in [0.4, 0.5) is 0 Å². The lowest BCUT2D eigenvalue weighted by Gasteiger charge is -2.17. The highest BCUT2D eigenvalue weighted by Gasteiger charge is 2.18. The van der Waals surface area contributed by atoms with Gasteiger partial charge in [0.05, 0.1) is 4.90 Å². The largest absolute Gasteiger partial charge is 0.316 e. The van der Waals surface area contributed by atoms with E-state index in [2.05, 4.69) is 36.5 Å². The van der Waals surface area contributed by atoms with Crippen molar-refractivity contribution in [3.05, 3.63) is 77.9 Å². The van der Waals surface area contributed by atoms with Crippen LogP contribution < -0.4 is 10.5 Å². The molecule has 0 aliphatic carbocycles. The van der Waals surface area contributed by atoms with Gasteiger partial charge in [0.1, 0.15) is 0 Å². The molecule has 3 aromatic carbocycles. The first-order valence-corrected chi connectivity index (χ1v) is 10.5. The van der Waals surface area contributed by atoms with Crippen LogP contribution in [0.5, 0.6) is 0 Å². The molecule has 0 atom stereocenters. The molecule has 4 nitrogen and oxygen atoms in total. The molecule has 5 heteroatoms. The van der Waals surface area contributed by atoms with E-state index in [1.807, 2.05) is 37.4 Å². The Morgan fingerprint density at radius 1 is 0.852 bits per heavy atom. The molecule has 0 aromatic heterocycles. The Hall–Kier alpha value is -2.47. The molecule has 0 fully saturated rings. The number of nitrogens with one attached hydrogen (secondary N) is 1. The molecule has 0 aliphatic heterocycles. The Morgan fingerprint density at radius 3 is 2.19 bits per heavy atom. The van der Waals surface area contributed by atoms with Gasteiger partial charge in [0.25, 0.3) is 0 Å². The molecule has 0 unspecified atom stereocenters. The van der Waals surface area contributed by atoms with Crippen molar-refractivity contribution < 1.29 is 8.42 Å². The van der Waals surface area contributed by atoms with Crippen LogP contribution in [0.1, 0.15) is 18.1 Å². The summed E-state index contributed by atoms with van der Waals surface area (Å²) in [5, 5.41) is 8.64. The van der Waals surface area contributed by atoms with E-state index in [4.69, 9.17) is 5.14 Å². The quantitative estimate of drug-likeness (QED) is 0.680. The molecule has 3 aromatic rings. The number of benzene rings is 3. The van der Waals surface area contributed by atoms with Gasteiger partial charge in [-0.3, -0.25) is 0 Å². The first-order valence-electron chi connectivity index (χ1n) is 8.93. The fraction of sp³-hybridized carbons (Fsp3) is 0.182. The van der Waals surface area contributed by atoms with Gasteiger partial charge in [-0.2, -0.15) is 0 Å². The number of primary sulfonamides is 1. The van der Waals surface area contributed by atoms with Crippen molar-refractivity contribution in [2.24, 2.45) is 5.14 Å². The third kappa shape index (κ3) is 4.11. The highest BCUT2D eigenvalue weighted by Crippen LogP contribution is 2.37. The van der Waals surface area contributed by atoms with Gasteiger partial charge in [0.2, 0.25) is 10.0 Å². The van der Waals surface area contributed by atoms with Gasteiger partial charge >= 0.3 is 0 Å². The monoisotopic (exact) mass is 380 g/mol. The van der Waals surface area contributed by atoms with Crippen LogP contribution in [0.15, 0.2) is 71.6 Å². The summed E-state index contributed by atoms with van der Waals surface area (Å²) in [6.07, 6.45) is 0.894. The molecule has 140 valence electrons. The molecular formula is C22H24N2O2S. The Bertz CT molecular complexity index is 1060. The third-order valence-corrected chi connectivity index (χ3v) is 5.61. The van der Waals surface area contributed by atoms with Gasteiger partial charge in [0, 0.05) is 12.1 Å². The number of hydrogen-bond donors (Lipinski definition) is 2. The normalized spacial score (nSPS) is 11.5. The summed E-state index contributed by atoms with van der Waals surface area (Å²) in [7, 11) is -1.95. The van der Waals surface area contributed by atoms with E-state index in [0.717, 1.165) is 28.7 Å². The van der Waals surface area contributed by atoms with E-state index in [-0.39, 0.29) is 4.90 Å². The Labute approximate surface area is 161 Å². The fourth-order valence-electron chi connectivity index (χ4n) is 3.39. The Kier molecular flexibility index (Phi) is 5.75. The van der Waals surface area contributed by atoms with Gasteiger partial charge in [0.15, 0.2) is 0 Å². The molecule has 0 heterocycles. The molecule has 27 heavy (non-hydrogen) atoms. The van der Waals surface area contributed by atoms with Crippen molar-refractivity contribution in [3.8, 4) is 22.3 Å². The highest BCUT2D eigenvalue weighted by atomic mass is 32.2. The summed E-state index contributed by atoms with van der Waals surface area (Å²) < 4.78 is 24.3. The molecule has 0 amide bonds. The van der Waals surface area contributed by atoms with Crippen molar-refractivity contribution in [2.75, 3.05) is 7.05 Å². The maximum atomic E-state index is 12.2. The zero-order valence-corrected chi connectivity index (χ0v) is 16.4. The number of rotatable bonds is 6. The number of hydrogen-bond acceptors (Lipinski definition) is 3. The van der Waals surface area contributed by atoms with Crippen molar-refractivity contribution in [1.82, 2.24) is 5.32 Å². The molecule has 0 bridgehead atoms. The van der Waals surface area contributed by atoms with Crippen LogP contribution in [0.2, 0.25) is 0 Å². The van der Waals surface area contributed by atoms with E-state index in [1.54, 1.807) is 12.1 Å². The van der Waals surface area contributed by atoms with Crippen LogP contribution in [0, 0.1) is 0 Å². The van der Waals surface area contributed by atoms with Crippen LogP contribution >= 0.6 is 0 Å². The minimum atomic E-state index is -3.84. The third-order valence-electron chi connectivity index (χ3n) is 4.64. The maximum Gasteiger partial charge on any atom is 0.238 e. The molecule has 0 saturated heterocycles. The van der Waals surface area contributed by atoms with E-state index in [1.165, 1.54) is 5.56 Å². The zero-order valence-electron chi connectivity index (χ0n) is 15.6. The van der Waals surface area contributed by atoms with Crippen LogP contribution in [-0.4, -0.2) is 15.5 Å². The lowest BCUT2D eigenvalue weighted by atomic mass is 9.89. The predicted molar refractivity (Wildman–Crippen MR) is 111 cm³/mol. The van der Waals surface area contributed by atoms with E-state index in [9.17, 15) is 8.42 Å². The van der Waals surface area contributed by atoms with Crippen molar-refractivity contribution in [1.29, 1.82) is 0 Å². The van der Waals surface area contributed by atoms with Gasteiger partial charge < -0.3 is 5.32 Å². The predicted octanol–water partition coefficient (Wildman–Crippen LogP) is 3.95. The summed E-state index contributed by atoms with van der Waals surface area (Å²) in [5.74, 6) is 0. The first-order chi connectivity index (χ1) is 13.0. The summed E-state index contributed by atoms with van der Waals surface area (Å²) in [6, 6.07) is 21.3. The summed E-state index contributed by atoms with van der Waals surface area (Å²) in [5.41, 5.74) is 5.90. The second kappa shape index (κ2) is 8.05. The molecule has 0 spiro atoms. The van der Waals surface area contributed by atoms with Gasteiger partial charge in [-0.25, -0.2) is 13.6 Å². The summed E-state index contributed by atoms with van der Waals surface area (Å²) in [6.45, 7) is 2.81. The minimum Gasteiger partial charge on any atom is -0.316 e. The average Bonchev–Trinajstić information content (AvgIpc) is 2.67. The van der Waals surface area contributed by atoms with Gasteiger partial charge in [-0.15, -0.1) is 0 Å². The van der Waals surface area contributed by atoms with Crippen LogP contribution in [0.3, 0.4) is 0 Å². The zero-order chi connectivity index (χ0) is 19.4. The average molecular weight is 381 g/mol. The van der Waals surface area contributed by atoms with Crippen molar-refractivity contribution in [3.63, 3.8) is 0 Å². The number of aryl methyl sites for hydroxylation is 1. The molecule has 0 saturated carbocycles. The van der Waals surface area contributed by atoms with E-state index < -0.39 is 10.0 Å². The lowest BCUT2D eigenvalue weighted by molar-refractivity contribution is 0.598. The standard InChI is InChI=1S/C22H24N2O2S/c1-3-17-8-4-5-9-18(17)19-13-12-16(15-24-2)14-21(19)20-10-6-7-11-22(20)27(23,25)26/h4-14,24H,3,15H2,1-2H3,(H2,23,25,26). The van der Waals surface area contributed by atoms with Crippen LogP contribution in [-0.2, 0) is 23.0 Å². The fourth-order valence-corrected chi connectivity index (χ4v) is 4.14. The first kappa shape index (κ1) is 19.3. The van der Waals surface area contributed by atoms with Gasteiger partial charge in [-0.1, -0.05) is 61.5 Å². The van der Waals surface area contributed by atoms with Crippen LogP contribution in [0.25, 0.3) is 22.3 Å². The number of nitrogens with two attached hydrogens (primary N) is 1. The molecular weight excluding hydrogens is 356 g/mol. The smallest absolute Gasteiger partial charge is 0.238 e. The summed E-state index contributed by atoms with van der Waals surface area (Å²) >= 11 is 0. The van der Waals surface area contributed by atoms with Gasteiger partial charge in [-0.05, 0) is 53.4 Å². The number of sulfonamides is 1. The molecule has 0 aliphatic rings. The SMILES string of the molecule is CCc1ccccc1-c1ccc(CNC)cc1-c1ccccc1S(N)(=O)=O. The second-order valence-corrected chi connectivity index (χ2v) is 7.99. The summed E-state index contributed by atoms with van der Waals surface area (Å²) in [4.78, 5) is 0.141. The lowest BCUT2D eigenvalue weighted by Crippen LogP contribution is -2.13. The Balaban J connectivity index is 2.33. The Morgan fingerprint density at radius 2 is 1.52 bits per heavy atom. The highest BCUT2D eigenvalue weighted by molar-refractivity contribution is 7.89. The van der Waals surface area contributed by atoms with E-state index in [0.29, 0.717) is 12.1 Å². The maximum absolute atomic E-state index is 12.2. The second-order valence-electron chi connectivity index (χ2n) is 6.46. The van der Waals surface area contributed by atoms with Crippen molar-refractivity contribution >= 4 is 10.0 Å².